The lowest BCUT2D eigenvalue weighted by atomic mass is 10.2. The highest BCUT2D eigenvalue weighted by Crippen LogP contribution is 2.28. The summed E-state index contributed by atoms with van der Waals surface area (Å²) in [6, 6.07) is 15.3. The van der Waals surface area contributed by atoms with Gasteiger partial charge in [-0.05, 0) is 42.5 Å². The number of carbonyl (C=O) groups excluding carboxylic acids is 1. The summed E-state index contributed by atoms with van der Waals surface area (Å²) in [5.74, 6) is 0.299. The maximum absolute atomic E-state index is 12.3. The molecule has 3 nitrogen and oxygen atoms in total. The molecule has 0 bridgehead atoms. The highest BCUT2D eigenvalue weighted by Gasteiger charge is 2.14. The summed E-state index contributed by atoms with van der Waals surface area (Å²) in [7, 11) is 0. The monoisotopic (exact) mass is 365 g/mol. The van der Waals surface area contributed by atoms with Crippen LogP contribution in [0.15, 0.2) is 59.0 Å². The van der Waals surface area contributed by atoms with Crippen molar-refractivity contribution in [1.29, 1.82) is 0 Å². The molecule has 1 aromatic heterocycles. The van der Waals surface area contributed by atoms with Crippen LogP contribution in [0.1, 0.15) is 10.6 Å². The number of hydrogen-bond donors (Lipinski definition) is 1. The van der Waals surface area contributed by atoms with Gasteiger partial charge in [0.25, 0.3) is 5.91 Å². The molecule has 0 unspecified atom stereocenters. The Balaban J connectivity index is 1.82. The van der Waals surface area contributed by atoms with Crippen LogP contribution in [0, 0.1) is 0 Å². The molecule has 23 heavy (non-hydrogen) atoms. The summed E-state index contributed by atoms with van der Waals surface area (Å²) in [5.41, 5.74) is 1.21. The molecule has 6 heteroatoms. The fraction of sp³-hybridized carbons (Fsp3) is 0. The third-order valence-corrected chi connectivity index (χ3v) is 3.92. The largest absolute Gasteiger partial charge is 0.451 e. The van der Waals surface area contributed by atoms with Crippen LogP contribution in [0.5, 0.6) is 0 Å². The van der Waals surface area contributed by atoms with Crippen LogP contribution < -0.4 is 5.32 Å². The topological polar surface area (TPSA) is 42.2 Å². The summed E-state index contributed by atoms with van der Waals surface area (Å²) in [4.78, 5) is 12.3. The normalized spacial score (nSPS) is 10.6. The Kier molecular flexibility index (Phi) is 4.62. The summed E-state index contributed by atoms with van der Waals surface area (Å²) in [6.45, 7) is 0. The van der Waals surface area contributed by atoms with Gasteiger partial charge in [-0.1, -0.05) is 46.9 Å². The Hall–Kier alpha value is -1.94. The number of carbonyl (C=O) groups is 1. The first-order chi connectivity index (χ1) is 11.0. The van der Waals surface area contributed by atoms with Crippen molar-refractivity contribution in [3.05, 3.63) is 75.4 Å². The molecule has 0 radical (unpaired) electrons. The van der Waals surface area contributed by atoms with Crippen molar-refractivity contribution in [3.63, 3.8) is 0 Å². The fourth-order valence-electron chi connectivity index (χ4n) is 2.03. The predicted octanol–water partition coefficient (Wildman–Crippen LogP) is 6.16. The van der Waals surface area contributed by atoms with Crippen molar-refractivity contribution in [3.8, 4) is 11.3 Å². The lowest BCUT2D eigenvalue weighted by molar-refractivity contribution is 0.0997. The average molecular weight is 367 g/mol. The van der Waals surface area contributed by atoms with E-state index >= 15 is 0 Å². The number of nitrogens with one attached hydrogen (secondary N) is 1. The SMILES string of the molecule is O=C(Nc1cc(Cl)ccc1Cl)c1ccc(-c2cccc(Cl)c2)o1. The van der Waals surface area contributed by atoms with Gasteiger partial charge in [-0.25, -0.2) is 0 Å². The lowest BCUT2D eigenvalue weighted by Crippen LogP contribution is -2.11. The smallest absolute Gasteiger partial charge is 0.291 e. The van der Waals surface area contributed by atoms with Crippen LogP contribution in [0.25, 0.3) is 11.3 Å². The van der Waals surface area contributed by atoms with Crippen LogP contribution in [-0.4, -0.2) is 5.91 Å². The predicted molar refractivity (Wildman–Crippen MR) is 93.6 cm³/mol. The van der Waals surface area contributed by atoms with Crippen molar-refractivity contribution >= 4 is 46.4 Å². The molecule has 116 valence electrons. The minimum Gasteiger partial charge on any atom is -0.451 e. The molecule has 0 fully saturated rings. The molecule has 0 aliphatic heterocycles. The van der Waals surface area contributed by atoms with E-state index in [2.05, 4.69) is 5.32 Å². The minimum absolute atomic E-state index is 0.163. The van der Waals surface area contributed by atoms with Crippen LogP contribution in [0.4, 0.5) is 5.69 Å². The third-order valence-electron chi connectivity index (χ3n) is 3.12. The van der Waals surface area contributed by atoms with E-state index in [0.717, 1.165) is 5.56 Å². The van der Waals surface area contributed by atoms with Crippen LogP contribution in [-0.2, 0) is 0 Å². The van der Waals surface area contributed by atoms with E-state index < -0.39 is 5.91 Å². The Morgan fingerprint density at radius 1 is 0.913 bits per heavy atom. The molecule has 0 atom stereocenters. The van der Waals surface area contributed by atoms with Gasteiger partial charge in [0.05, 0.1) is 10.7 Å². The summed E-state index contributed by atoms with van der Waals surface area (Å²) in [5, 5.41) is 4.13. The summed E-state index contributed by atoms with van der Waals surface area (Å²) < 4.78 is 5.58. The van der Waals surface area contributed by atoms with Gasteiger partial charge in [-0.15, -0.1) is 0 Å². The first-order valence-corrected chi connectivity index (χ1v) is 7.78. The number of amides is 1. The van der Waals surface area contributed by atoms with Gasteiger partial charge in [0, 0.05) is 15.6 Å². The second-order valence-corrected chi connectivity index (χ2v) is 6.03. The molecule has 0 spiro atoms. The third kappa shape index (κ3) is 3.70. The number of hydrogen-bond acceptors (Lipinski definition) is 2. The van der Waals surface area contributed by atoms with E-state index in [0.29, 0.717) is 26.5 Å². The van der Waals surface area contributed by atoms with Crippen molar-refractivity contribution < 1.29 is 9.21 Å². The molecule has 3 rings (SSSR count). The maximum atomic E-state index is 12.3. The van der Waals surface area contributed by atoms with Gasteiger partial charge in [-0.3, -0.25) is 4.79 Å². The highest BCUT2D eigenvalue weighted by molar-refractivity contribution is 6.35. The van der Waals surface area contributed by atoms with Gasteiger partial charge in [0.1, 0.15) is 5.76 Å². The van der Waals surface area contributed by atoms with Crippen molar-refractivity contribution in [2.75, 3.05) is 5.32 Å². The van der Waals surface area contributed by atoms with Crippen LogP contribution in [0.2, 0.25) is 15.1 Å². The van der Waals surface area contributed by atoms with Gasteiger partial charge >= 0.3 is 0 Å². The maximum Gasteiger partial charge on any atom is 0.291 e. The average Bonchev–Trinajstić information content (AvgIpc) is 3.01. The molecule has 0 saturated carbocycles. The van der Waals surface area contributed by atoms with Crippen LogP contribution in [0.3, 0.4) is 0 Å². The molecule has 0 aliphatic carbocycles. The Morgan fingerprint density at radius 3 is 2.48 bits per heavy atom. The summed E-state index contributed by atoms with van der Waals surface area (Å²) in [6.07, 6.45) is 0. The molecular formula is C17H10Cl3NO2. The van der Waals surface area contributed by atoms with E-state index in [1.54, 1.807) is 42.5 Å². The van der Waals surface area contributed by atoms with E-state index in [-0.39, 0.29) is 5.76 Å². The first kappa shape index (κ1) is 15.9. The number of benzene rings is 2. The molecule has 2 aromatic carbocycles. The molecule has 1 heterocycles. The number of rotatable bonds is 3. The van der Waals surface area contributed by atoms with Crippen molar-refractivity contribution in [2.45, 2.75) is 0 Å². The Morgan fingerprint density at radius 2 is 1.70 bits per heavy atom. The van der Waals surface area contributed by atoms with Crippen molar-refractivity contribution in [2.24, 2.45) is 0 Å². The Labute approximate surface area is 147 Å². The zero-order valence-electron chi connectivity index (χ0n) is 11.6. The second kappa shape index (κ2) is 6.67. The molecular weight excluding hydrogens is 357 g/mol. The number of anilines is 1. The highest BCUT2D eigenvalue weighted by atomic mass is 35.5. The Bertz CT molecular complexity index is 874. The molecule has 0 saturated heterocycles. The van der Waals surface area contributed by atoms with E-state index in [1.807, 2.05) is 12.1 Å². The zero-order chi connectivity index (χ0) is 16.4. The first-order valence-electron chi connectivity index (χ1n) is 6.65. The van der Waals surface area contributed by atoms with E-state index in [9.17, 15) is 4.79 Å². The standard InChI is InChI=1S/C17H10Cl3NO2/c18-11-3-1-2-10(8-11)15-6-7-16(23-15)17(22)21-14-9-12(19)4-5-13(14)20/h1-9H,(H,21,22). The minimum atomic E-state index is -0.414. The van der Waals surface area contributed by atoms with E-state index in [4.69, 9.17) is 39.2 Å². The fourth-order valence-corrected chi connectivity index (χ4v) is 2.56. The number of furan rings is 1. The van der Waals surface area contributed by atoms with Gasteiger partial charge in [-0.2, -0.15) is 0 Å². The van der Waals surface area contributed by atoms with Gasteiger partial charge < -0.3 is 9.73 Å². The molecule has 1 amide bonds. The zero-order valence-corrected chi connectivity index (χ0v) is 13.9. The molecule has 0 aliphatic rings. The number of halogens is 3. The van der Waals surface area contributed by atoms with Gasteiger partial charge in [0.2, 0.25) is 0 Å². The van der Waals surface area contributed by atoms with E-state index in [1.165, 1.54) is 0 Å². The lowest BCUT2D eigenvalue weighted by Gasteiger charge is -2.06. The van der Waals surface area contributed by atoms with Gasteiger partial charge in [0.15, 0.2) is 5.76 Å². The summed E-state index contributed by atoms with van der Waals surface area (Å²) >= 11 is 17.9. The second-order valence-electron chi connectivity index (χ2n) is 4.75. The molecule has 1 N–H and O–H groups in total. The molecule has 3 aromatic rings. The van der Waals surface area contributed by atoms with Crippen LogP contribution >= 0.6 is 34.8 Å². The quantitative estimate of drug-likeness (QED) is 0.603. The van der Waals surface area contributed by atoms with Crippen molar-refractivity contribution in [1.82, 2.24) is 0 Å².